The van der Waals surface area contributed by atoms with Crippen molar-refractivity contribution in [2.24, 2.45) is 11.8 Å². The van der Waals surface area contributed by atoms with Gasteiger partial charge in [-0.1, -0.05) is 57.0 Å². The summed E-state index contributed by atoms with van der Waals surface area (Å²) in [5.41, 5.74) is 0.676. The Labute approximate surface area is 127 Å². The maximum Gasteiger partial charge on any atom is 0.309 e. The second-order valence-corrected chi connectivity index (χ2v) is 5.25. The van der Waals surface area contributed by atoms with E-state index in [2.05, 4.69) is 6.92 Å². The minimum atomic E-state index is -0.331. The molecule has 3 nitrogen and oxygen atoms in total. The van der Waals surface area contributed by atoms with Gasteiger partial charge >= 0.3 is 5.97 Å². The molecule has 21 heavy (non-hydrogen) atoms. The number of carbonyl (C=O) groups excluding carboxylic acids is 2. The average Bonchev–Trinajstić information content (AvgIpc) is 2.52. The van der Waals surface area contributed by atoms with Gasteiger partial charge in [-0.05, 0) is 19.8 Å². The molecule has 0 radical (unpaired) electrons. The van der Waals surface area contributed by atoms with Crippen molar-refractivity contribution in [3.63, 3.8) is 0 Å². The van der Waals surface area contributed by atoms with Gasteiger partial charge < -0.3 is 4.74 Å². The summed E-state index contributed by atoms with van der Waals surface area (Å²) in [6, 6.07) is 9.22. The second-order valence-electron chi connectivity index (χ2n) is 5.25. The number of ether oxygens (including phenoxy) is 1. The highest BCUT2D eigenvalue weighted by Crippen LogP contribution is 2.27. The predicted molar refractivity (Wildman–Crippen MR) is 84.2 cm³/mol. The molecule has 0 saturated heterocycles. The van der Waals surface area contributed by atoms with Crippen LogP contribution in [0.3, 0.4) is 0 Å². The van der Waals surface area contributed by atoms with E-state index < -0.39 is 0 Å². The summed E-state index contributed by atoms with van der Waals surface area (Å²) in [5.74, 6) is -0.810. The fourth-order valence-electron chi connectivity index (χ4n) is 2.63. The first kappa shape index (κ1) is 17.4. The summed E-state index contributed by atoms with van der Waals surface area (Å²) in [5, 5.41) is 0. The molecule has 0 saturated carbocycles. The van der Waals surface area contributed by atoms with Crippen molar-refractivity contribution < 1.29 is 14.3 Å². The van der Waals surface area contributed by atoms with E-state index in [0.717, 1.165) is 12.8 Å². The van der Waals surface area contributed by atoms with Gasteiger partial charge in [0, 0.05) is 11.5 Å². The van der Waals surface area contributed by atoms with Crippen LogP contribution in [0, 0.1) is 11.8 Å². The average molecular weight is 290 g/mol. The standard InChI is InChI=1S/C18H26O3/c1-4-7-13-16(18(20)21-6-3)15(5-2)17(19)14-11-9-8-10-12-14/h8-12,15-16H,4-7,13H2,1-3H3. The third-order valence-corrected chi connectivity index (χ3v) is 3.78. The first-order valence-electron chi connectivity index (χ1n) is 7.91. The summed E-state index contributed by atoms with van der Waals surface area (Å²) in [6.45, 7) is 6.21. The quantitative estimate of drug-likeness (QED) is 0.504. The van der Waals surface area contributed by atoms with Crippen LogP contribution in [0.25, 0.3) is 0 Å². The second kappa shape index (κ2) is 9.32. The van der Waals surface area contributed by atoms with Crippen LogP contribution in [0.2, 0.25) is 0 Å². The summed E-state index contributed by atoms with van der Waals surface area (Å²) in [4.78, 5) is 24.9. The van der Waals surface area contributed by atoms with Crippen molar-refractivity contribution in [1.29, 1.82) is 0 Å². The molecule has 0 aliphatic rings. The van der Waals surface area contributed by atoms with Gasteiger partial charge in [0.1, 0.15) is 0 Å². The molecule has 0 fully saturated rings. The highest BCUT2D eigenvalue weighted by molar-refractivity contribution is 5.99. The van der Waals surface area contributed by atoms with Crippen molar-refractivity contribution in [2.75, 3.05) is 6.61 Å². The molecule has 2 atom stereocenters. The third kappa shape index (κ3) is 5.00. The number of Topliss-reactive ketones (excluding diaryl/α,β-unsaturated/α-hetero) is 1. The van der Waals surface area contributed by atoms with E-state index in [1.807, 2.05) is 37.3 Å². The maximum absolute atomic E-state index is 12.7. The van der Waals surface area contributed by atoms with E-state index >= 15 is 0 Å². The Morgan fingerprint density at radius 3 is 2.24 bits per heavy atom. The monoisotopic (exact) mass is 290 g/mol. The maximum atomic E-state index is 12.7. The number of hydrogen-bond acceptors (Lipinski definition) is 3. The minimum Gasteiger partial charge on any atom is -0.466 e. The lowest BCUT2D eigenvalue weighted by molar-refractivity contribution is -0.149. The summed E-state index contributed by atoms with van der Waals surface area (Å²) in [6.07, 6.45) is 3.31. The number of ketones is 1. The van der Waals surface area contributed by atoms with Gasteiger partial charge in [0.15, 0.2) is 5.78 Å². The number of hydrogen-bond donors (Lipinski definition) is 0. The Hall–Kier alpha value is -1.64. The summed E-state index contributed by atoms with van der Waals surface area (Å²) < 4.78 is 5.18. The van der Waals surface area contributed by atoms with E-state index in [0.29, 0.717) is 25.0 Å². The minimum absolute atomic E-state index is 0.0484. The van der Waals surface area contributed by atoms with E-state index in [1.165, 1.54) is 0 Å². The molecule has 0 bridgehead atoms. The Kier molecular flexibility index (Phi) is 7.73. The number of esters is 1. The predicted octanol–water partition coefficient (Wildman–Crippen LogP) is 4.27. The molecule has 0 aromatic heterocycles. The van der Waals surface area contributed by atoms with Gasteiger partial charge in [0.25, 0.3) is 0 Å². The Bertz CT molecular complexity index is 439. The smallest absolute Gasteiger partial charge is 0.309 e. The Balaban J connectivity index is 2.94. The zero-order valence-electron chi connectivity index (χ0n) is 13.3. The van der Waals surface area contributed by atoms with Gasteiger partial charge in [-0.15, -0.1) is 0 Å². The lowest BCUT2D eigenvalue weighted by Crippen LogP contribution is -2.31. The fourth-order valence-corrected chi connectivity index (χ4v) is 2.63. The third-order valence-electron chi connectivity index (χ3n) is 3.78. The molecule has 116 valence electrons. The molecule has 3 heteroatoms. The zero-order valence-corrected chi connectivity index (χ0v) is 13.3. The van der Waals surface area contributed by atoms with Gasteiger partial charge in [0.05, 0.1) is 12.5 Å². The highest BCUT2D eigenvalue weighted by Gasteiger charge is 2.33. The van der Waals surface area contributed by atoms with Crippen LogP contribution in [-0.4, -0.2) is 18.4 Å². The number of unbranched alkanes of at least 4 members (excludes halogenated alkanes) is 1. The fraction of sp³-hybridized carbons (Fsp3) is 0.556. The molecule has 0 heterocycles. The van der Waals surface area contributed by atoms with Gasteiger partial charge in [-0.2, -0.15) is 0 Å². The molecule has 2 unspecified atom stereocenters. The lowest BCUT2D eigenvalue weighted by Gasteiger charge is -2.23. The van der Waals surface area contributed by atoms with E-state index in [9.17, 15) is 9.59 Å². The van der Waals surface area contributed by atoms with Crippen LogP contribution >= 0.6 is 0 Å². The van der Waals surface area contributed by atoms with E-state index in [-0.39, 0.29) is 23.6 Å². The molecule has 1 aromatic rings. The van der Waals surface area contributed by atoms with Gasteiger partial charge in [-0.3, -0.25) is 9.59 Å². The highest BCUT2D eigenvalue weighted by atomic mass is 16.5. The summed E-state index contributed by atoms with van der Waals surface area (Å²) >= 11 is 0. The normalized spacial score (nSPS) is 13.5. The molecule has 0 aliphatic heterocycles. The van der Waals surface area contributed by atoms with Crippen molar-refractivity contribution in [3.05, 3.63) is 35.9 Å². The molecule has 0 amide bonds. The lowest BCUT2D eigenvalue weighted by atomic mass is 9.81. The zero-order chi connectivity index (χ0) is 15.7. The first-order chi connectivity index (χ1) is 10.2. The van der Waals surface area contributed by atoms with Gasteiger partial charge in [-0.25, -0.2) is 0 Å². The summed E-state index contributed by atoms with van der Waals surface area (Å²) in [7, 11) is 0. The molecule has 0 spiro atoms. The molecule has 0 N–H and O–H groups in total. The van der Waals surface area contributed by atoms with Crippen molar-refractivity contribution in [3.8, 4) is 0 Å². The first-order valence-corrected chi connectivity index (χ1v) is 7.91. The van der Waals surface area contributed by atoms with E-state index in [1.54, 1.807) is 6.92 Å². The number of benzene rings is 1. The molecular formula is C18H26O3. The molecule has 1 aromatic carbocycles. The largest absolute Gasteiger partial charge is 0.466 e. The Morgan fingerprint density at radius 1 is 1.05 bits per heavy atom. The topological polar surface area (TPSA) is 43.4 Å². The Morgan fingerprint density at radius 2 is 1.71 bits per heavy atom. The van der Waals surface area contributed by atoms with Crippen LogP contribution in [-0.2, 0) is 9.53 Å². The SMILES string of the molecule is CCCCC(C(=O)OCC)C(CC)C(=O)c1ccccc1. The van der Waals surface area contributed by atoms with Gasteiger partial charge in [0.2, 0.25) is 0 Å². The van der Waals surface area contributed by atoms with Crippen molar-refractivity contribution in [2.45, 2.75) is 46.5 Å². The van der Waals surface area contributed by atoms with Crippen LogP contribution in [0.4, 0.5) is 0 Å². The number of rotatable bonds is 9. The number of carbonyl (C=O) groups is 2. The van der Waals surface area contributed by atoms with Crippen LogP contribution in [0.15, 0.2) is 30.3 Å². The van der Waals surface area contributed by atoms with E-state index in [4.69, 9.17) is 4.74 Å². The van der Waals surface area contributed by atoms with Crippen molar-refractivity contribution >= 4 is 11.8 Å². The van der Waals surface area contributed by atoms with Crippen LogP contribution in [0.1, 0.15) is 56.8 Å². The molecular weight excluding hydrogens is 264 g/mol. The van der Waals surface area contributed by atoms with Crippen LogP contribution in [0.5, 0.6) is 0 Å². The molecule has 1 rings (SSSR count). The van der Waals surface area contributed by atoms with Crippen LogP contribution < -0.4 is 0 Å². The van der Waals surface area contributed by atoms with Crippen molar-refractivity contribution in [1.82, 2.24) is 0 Å². The molecule has 0 aliphatic carbocycles.